The topological polar surface area (TPSA) is 0 Å². The van der Waals surface area contributed by atoms with E-state index < -0.39 is 0 Å². The molecule has 0 N–H and O–H groups in total. The average Bonchev–Trinajstić information content (AvgIpc) is 3.17. The van der Waals surface area contributed by atoms with Crippen molar-refractivity contribution in [2.45, 2.75) is 93.4 Å². The van der Waals surface area contributed by atoms with Crippen LogP contribution in [-0.2, 0) is 0 Å². The first kappa shape index (κ1) is 19.0. The highest BCUT2D eigenvalue weighted by atomic mass is 14.5. The van der Waals surface area contributed by atoms with Crippen molar-refractivity contribution in [2.75, 3.05) is 0 Å². The fourth-order valence-corrected chi connectivity index (χ4v) is 4.46. The van der Waals surface area contributed by atoms with Gasteiger partial charge in [0.2, 0.25) is 0 Å². The van der Waals surface area contributed by atoms with E-state index in [1.807, 2.05) is 0 Å². The van der Waals surface area contributed by atoms with Crippen LogP contribution in [0.3, 0.4) is 0 Å². The molecule has 0 heterocycles. The molecule has 0 aromatic carbocycles. The number of hydrogen-bond acceptors (Lipinski definition) is 0. The Labute approximate surface area is 135 Å². The molecule has 7 atom stereocenters. The summed E-state index contributed by atoms with van der Waals surface area (Å²) in [5.74, 6) is 6.78. The first-order valence-corrected chi connectivity index (χ1v) is 9.87. The van der Waals surface area contributed by atoms with Gasteiger partial charge in [0, 0.05) is 0 Å². The molecule has 0 nitrogen and oxygen atoms in total. The predicted molar refractivity (Wildman–Crippen MR) is 96.5 cm³/mol. The zero-order valence-electron chi connectivity index (χ0n) is 16.0. The maximum Gasteiger partial charge on any atom is -0.0357 e. The molecule has 0 heteroatoms. The van der Waals surface area contributed by atoms with Gasteiger partial charge in [0.25, 0.3) is 0 Å². The van der Waals surface area contributed by atoms with Crippen LogP contribution in [0.4, 0.5) is 0 Å². The zero-order valence-corrected chi connectivity index (χ0v) is 16.0. The van der Waals surface area contributed by atoms with Gasteiger partial charge in [-0.15, -0.1) is 0 Å². The lowest BCUT2D eigenvalue weighted by Gasteiger charge is -2.23. The molecular weight excluding hydrogens is 252 g/mol. The third-order valence-electron chi connectivity index (χ3n) is 6.19. The molecule has 126 valence electrons. The first-order valence-electron chi connectivity index (χ1n) is 9.87. The Kier molecular flexibility index (Phi) is 8.35. The van der Waals surface area contributed by atoms with E-state index in [0.29, 0.717) is 0 Å². The smallest absolute Gasteiger partial charge is 0.0357 e. The molecule has 1 rings (SSSR count). The molecule has 0 bridgehead atoms. The van der Waals surface area contributed by atoms with Gasteiger partial charge in [0.1, 0.15) is 0 Å². The van der Waals surface area contributed by atoms with Gasteiger partial charge in [-0.2, -0.15) is 0 Å². The van der Waals surface area contributed by atoms with E-state index in [0.717, 1.165) is 41.4 Å². The fraction of sp³-hybridized carbons (Fsp3) is 1.00. The van der Waals surface area contributed by atoms with E-state index in [4.69, 9.17) is 0 Å². The fourth-order valence-electron chi connectivity index (χ4n) is 4.46. The molecule has 0 radical (unpaired) electrons. The van der Waals surface area contributed by atoms with E-state index >= 15 is 0 Å². The lowest BCUT2D eigenvalue weighted by atomic mass is 9.83. The summed E-state index contributed by atoms with van der Waals surface area (Å²) in [6.07, 6.45) is 10.1. The lowest BCUT2D eigenvalue weighted by molar-refractivity contribution is 0.286. The summed E-state index contributed by atoms with van der Waals surface area (Å²) in [6.45, 7) is 17.0. The minimum atomic E-state index is 0.910. The largest absolute Gasteiger partial charge is 0.0651 e. The SMILES string of the molecule is CCC(C)CC(C)CC(C)CC(C)C1CC1CC(C)CC. The first-order chi connectivity index (χ1) is 9.87. The molecule has 0 aromatic rings. The zero-order chi connectivity index (χ0) is 16.0. The van der Waals surface area contributed by atoms with Crippen LogP contribution >= 0.6 is 0 Å². The molecule has 0 aromatic heterocycles. The number of hydrogen-bond donors (Lipinski definition) is 0. The predicted octanol–water partition coefficient (Wildman–Crippen LogP) is 7.18. The quantitative estimate of drug-likeness (QED) is 0.378. The summed E-state index contributed by atoms with van der Waals surface area (Å²) in [7, 11) is 0. The Balaban J connectivity index is 2.21. The lowest BCUT2D eigenvalue weighted by Crippen LogP contribution is -2.12. The summed E-state index contributed by atoms with van der Waals surface area (Å²) in [5, 5.41) is 0. The molecule has 1 saturated carbocycles. The third-order valence-corrected chi connectivity index (χ3v) is 6.19. The summed E-state index contributed by atoms with van der Waals surface area (Å²) < 4.78 is 0. The van der Waals surface area contributed by atoms with Gasteiger partial charge in [-0.3, -0.25) is 0 Å². The van der Waals surface area contributed by atoms with Crippen molar-refractivity contribution < 1.29 is 0 Å². The normalized spacial score (nSPS) is 28.7. The van der Waals surface area contributed by atoms with Crippen molar-refractivity contribution in [1.29, 1.82) is 0 Å². The van der Waals surface area contributed by atoms with Gasteiger partial charge in [-0.05, 0) is 73.5 Å². The van der Waals surface area contributed by atoms with Gasteiger partial charge < -0.3 is 0 Å². The molecule has 1 aliphatic carbocycles. The molecule has 7 unspecified atom stereocenters. The van der Waals surface area contributed by atoms with Crippen LogP contribution in [0.25, 0.3) is 0 Å². The summed E-state index contributed by atoms with van der Waals surface area (Å²) >= 11 is 0. The molecule has 1 aliphatic rings. The van der Waals surface area contributed by atoms with Crippen LogP contribution in [0.15, 0.2) is 0 Å². The van der Waals surface area contributed by atoms with Gasteiger partial charge in [0.15, 0.2) is 0 Å². The summed E-state index contributed by atoms with van der Waals surface area (Å²) in [5.41, 5.74) is 0. The van der Waals surface area contributed by atoms with Gasteiger partial charge >= 0.3 is 0 Å². The molecule has 0 saturated heterocycles. The van der Waals surface area contributed by atoms with Crippen LogP contribution in [0.2, 0.25) is 0 Å². The van der Waals surface area contributed by atoms with E-state index in [9.17, 15) is 0 Å². The number of rotatable bonds is 11. The van der Waals surface area contributed by atoms with Gasteiger partial charge in [-0.1, -0.05) is 61.3 Å². The van der Waals surface area contributed by atoms with E-state index in [1.54, 1.807) is 0 Å². The monoisotopic (exact) mass is 294 g/mol. The third kappa shape index (κ3) is 7.20. The maximum atomic E-state index is 2.52. The second-order valence-corrected chi connectivity index (χ2v) is 8.82. The van der Waals surface area contributed by atoms with Crippen molar-refractivity contribution in [1.82, 2.24) is 0 Å². The second kappa shape index (κ2) is 9.21. The highest BCUT2D eigenvalue weighted by Crippen LogP contribution is 2.50. The summed E-state index contributed by atoms with van der Waals surface area (Å²) in [4.78, 5) is 0. The summed E-state index contributed by atoms with van der Waals surface area (Å²) in [6, 6.07) is 0. The molecule has 1 fully saturated rings. The molecule has 0 spiro atoms. The Morgan fingerprint density at radius 2 is 1.24 bits per heavy atom. The van der Waals surface area contributed by atoms with Crippen molar-refractivity contribution in [3.8, 4) is 0 Å². The van der Waals surface area contributed by atoms with Crippen LogP contribution in [-0.4, -0.2) is 0 Å². The van der Waals surface area contributed by atoms with E-state index in [1.165, 1.54) is 44.9 Å². The molecule has 21 heavy (non-hydrogen) atoms. The molecule has 0 aliphatic heterocycles. The highest BCUT2D eigenvalue weighted by molar-refractivity contribution is 4.90. The van der Waals surface area contributed by atoms with Crippen molar-refractivity contribution >= 4 is 0 Å². The Bertz CT molecular complexity index is 269. The van der Waals surface area contributed by atoms with Crippen LogP contribution in [0.1, 0.15) is 93.4 Å². The Hall–Kier alpha value is 0. The van der Waals surface area contributed by atoms with Crippen molar-refractivity contribution in [3.63, 3.8) is 0 Å². The second-order valence-electron chi connectivity index (χ2n) is 8.82. The van der Waals surface area contributed by atoms with Crippen LogP contribution in [0.5, 0.6) is 0 Å². The average molecular weight is 295 g/mol. The van der Waals surface area contributed by atoms with E-state index in [-0.39, 0.29) is 0 Å². The van der Waals surface area contributed by atoms with Gasteiger partial charge in [0.05, 0.1) is 0 Å². The minimum Gasteiger partial charge on any atom is -0.0651 e. The Morgan fingerprint density at radius 1 is 0.714 bits per heavy atom. The van der Waals surface area contributed by atoms with Crippen molar-refractivity contribution in [3.05, 3.63) is 0 Å². The standard InChI is InChI=1S/C21H42/c1-8-15(3)10-17(5)11-18(6)12-19(7)21-14-20(21)13-16(4)9-2/h15-21H,8-14H2,1-7H3. The maximum absolute atomic E-state index is 2.52. The van der Waals surface area contributed by atoms with Gasteiger partial charge in [-0.25, -0.2) is 0 Å². The molecular formula is C21H42. The van der Waals surface area contributed by atoms with Crippen LogP contribution in [0, 0.1) is 41.4 Å². The Morgan fingerprint density at radius 3 is 1.81 bits per heavy atom. The highest BCUT2D eigenvalue weighted by Gasteiger charge is 2.41. The molecule has 0 amide bonds. The minimum absolute atomic E-state index is 0.910. The van der Waals surface area contributed by atoms with Crippen molar-refractivity contribution in [2.24, 2.45) is 41.4 Å². The van der Waals surface area contributed by atoms with Crippen LogP contribution < -0.4 is 0 Å². The van der Waals surface area contributed by atoms with E-state index in [2.05, 4.69) is 48.5 Å².